The number of rotatable bonds is 13. The Balaban J connectivity index is 0.000000521. The minimum Gasteiger partial charge on any atom is -0.506 e. The number of nitrogens with zero attached hydrogens (tertiary/aromatic N) is 2. The van der Waals surface area contributed by atoms with Crippen LogP contribution in [0.5, 0.6) is 5.75 Å². The van der Waals surface area contributed by atoms with Gasteiger partial charge >= 0.3 is 29.2 Å². The number of aromatic hydroxyl groups is 1. The number of carbonyl (C=O) groups excluding carboxylic acids is 1. The quantitative estimate of drug-likeness (QED) is 0.143. The van der Waals surface area contributed by atoms with E-state index in [2.05, 4.69) is 26.9 Å². The highest BCUT2D eigenvalue weighted by Gasteiger charge is 2.39. The number of carboxylic acids is 2. The fraction of sp³-hybridized carbons (Fsp3) is 0.484. The Kier molecular flexibility index (Phi) is 16.5. The molecule has 0 bridgehead atoms. The van der Waals surface area contributed by atoms with Gasteiger partial charge in [-0.25, -0.2) is 9.59 Å². The van der Waals surface area contributed by atoms with Crippen molar-refractivity contribution >= 4 is 51.0 Å². The number of fused-ring (bicyclic) bond motifs is 1. The largest absolute Gasteiger partial charge is 0.506 e. The number of phenols is 1. The predicted octanol–water partition coefficient (Wildman–Crippen LogP) is 5.42. The van der Waals surface area contributed by atoms with Gasteiger partial charge in [0.25, 0.3) is 0 Å². The number of thiazole rings is 1. The molecule has 0 aliphatic heterocycles. The summed E-state index contributed by atoms with van der Waals surface area (Å²) < 4.78 is 64.3. The second-order valence-corrected chi connectivity index (χ2v) is 12.6. The first-order chi connectivity index (χ1) is 23.3. The van der Waals surface area contributed by atoms with Crippen molar-refractivity contribution in [1.82, 2.24) is 14.8 Å². The minimum atomic E-state index is -5.08. The molecule has 2 aromatic carbocycles. The molecular formula is C31H37ClF6N4O7S. The Bertz CT molecular complexity index is 1590. The third kappa shape index (κ3) is 14.9. The number of phenolic OH excluding ortho intramolecular Hbond substituents is 1. The second kappa shape index (κ2) is 19.5. The molecule has 1 saturated carbocycles. The molecule has 0 radical (unpaired) electrons. The highest BCUT2D eigenvalue weighted by atomic mass is 35.5. The average molecular weight is 759 g/mol. The van der Waals surface area contributed by atoms with E-state index in [4.69, 9.17) is 37.1 Å². The Morgan fingerprint density at radius 1 is 0.860 bits per heavy atom. The molecule has 3 aromatic rings. The van der Waals surface area contributed by atoms with E-state index in [9.17, 15) is 41.0 Å². The zero-order valence-corrected chi connectivity index (χ0v) is 28.1. The van der Waals surface area contributed by atoms with Crippen molar-refractivity contribution in [2.75, 3.05) is 32.7 Å². The number of alkyl halides is 6. The Morgan fingerprint density at radius 2 is 1.40 bits per heavy atom. The molecule has 0 spiro atoms. The Labute approximate surface area is 291 Å². The maximum atomic E-state index is 11.9. The fourth-order valence-electron chi connectivity index (χ4n) is 5.09. The van der Waals surface area contributed by atoms with Gasteiger partial charge in [-0.2, -0.15) is 26.3 Å². The van der Waals surface area contributed by atoms with Gasteiger partial charge in [0.15, 0.2) is 0 Å². The van der Waals surface area contributed by atoms with Crippen LogP contribution in [0.25, 0.3) is 10.2 Å². The number of aliphatic carboxylic acids is 2. The standard InChI is InChI=1S/C27H35ClN4O3S.2C2HF3O2/c28-21-8-5-19(6-9-21)11-14-31(17-18-32(16-13-24(29)34)22-3-1-2-4-22)15-12-20-7-10-23(33)25-26(20)36-27(35)30-25;2*3-2(4,5)1(6)7/h5-10,22,33H,1-4,11-18H2,(H2,29,34)(H,30,35);2*(H,6,7). The van der Waals surface area contributed by atoms with Crippen molar-refractivity contribution in [1.29, 1.82) is 0 Å². The van der Waals surface area contributed by atoms with E-state index in [1.807, 2.05) is 18.2 Å². The molecule has 50 heavy (non-hydrogen) atoms. The van der Waals surface area contributed by atoms with E-state index in [0.717, 1.165) is 65.6 Å². The van der Waals surface area contributed by atoms with Crippen LogP contribution in [0.15, 0.2) is 41.2 Å². The maximum absolute atomic E-state index is 11.9. The molecule has 0 atom stereocenters. The SMILES string of the molecule is NC(=O)CCN(CCN(CCc1ccc(Cl)cc1)CCc1ccc(O)c2[nH]c(=O)sc12)C1CCCC1.O=C(O)C(F)(F)F.O=C(O)C(F)(F)F. The molecule has 6 N–H and O–H groups in total. The summed E-state index contributed by atoms with van der Waals surface area (Å²) in [4.78, 5) is 48.7. The summed E-state index contributed by atoms with van der Waals surface area (Å²) in [7, 11) is 0. The van der Waals surface area contributed by atoms with Crippen molar-refractivity contribution in [2.24, 2.45) is 5.73 Å². The molecule has 1 amide bonds. The molecule has 1 aliphatic rings. The zero-order valence-electron chi connectivity index (χ0n) is 26.5. The van der Waals surface area contributed by atoms with E-state index < -0.39 is 24.3 Å². The molecule has 1 fully saturated rings. The topological polar surface area (TPSA) is 177 Å². The lowest BCUT2D eigenvalue weighted by atomic mass is 10.1. The highest BCUT2D eigenvalue weighted by molar-refractivity contribution is 7.16. The number of carbonyl (C=O) groups is 3. The first kappa shape index (κ1) is 42.3. The fourth-order valence-corrected chi connectivity index (χ4v) is 6.12. The molecule has 0 saturated heterocycles. The van der Waals surface area contributed by atoms with Gasteiger partial charge in [0, 0.05) is 50.2 Å². The smallest absolute Gasteiger partial charge is 0.490 e. The van der Waals surface area contributed by atoms with E-state index in [0.29, 0.717) is 24.5 Å². The molecule has 11 nitrogen and oxygen atoms in total. The van der Waals surface area contributed by atoms with Gasteiger partial charge in [0.2, 0.25) is 5.91 Å². The van der Waals surface area contributed by atoms with Crippen LogP contribution in [0.3, 0.4) is 0 Å². The molecule has 278 valence electrons. The van der Waals surface area contributed by atoms with Gasteiger partial charge in [-0.05, 0) is 55.0 Å². The van der Waals surface area contributed by atoms with Crippen LogP contribution in [0.4, 0.5) is 26.3 Å². The Morgan fingerprint density at radius 3 is 1.92 bits per heavy atom. The first-order valence-corrected chi connectivity index (χ1v) is 16.4. The third-order valence-electron chi connectivity index (χ3n) is 7.64. The number of amides is 1. The van der Waals surface area contributed by atoms with Gasteiger partial charge in [-0.3, -0.25) is 14.5 Å². The number of aromatic nitrogens is 1. The molecule has 1 heterocycles. The number of hydrogen-bond donors (Lipinski definition) is 5. The average Bonchev–Trinajstić information content (AvgIpc) is 3.70. The normalized spacial score (nSPS) is 13.5. The number of hydrogen-bond acceptors (Lipinski definition) is 8. The van der Waals surface area contributed by atoms with Gasteiger partial charge in [0.05, 0.1) is 4.70 Å². The first-order valence-electron chi connectivity index (χ1n) is 15.2. The van der Waals surface area contributed by atoms with Crippen LogP contribution in [0, 0.1) is 0 Å². The zero-order chi connectivity index (χ0) is 37.6. The van der Waals surface area contributed by atoms with Crippen molar-refractivity contribution in [3.63, 3.8) is 0 Å². The highest BCUT2D eigenvalue weighted by Crippen LogP contribution is 2.28. The number of primary amides is 1. The number of benzene rings is 2. The van der Waals surface area contributed by atoms with Gasteiger partial charge in [0.1, 0.15) is 11.3 Å². The lowest BCUT2D eigenvalue weighted by molar-refractivity contribution is -0.193. The number of nitrogens with one attached hydrogen (secondary N) is 1. The lowest BCUT2D eigenvalue weighted by Gasteiger charge is -2.31. The van der Waals surface area contributed by atoms with Crippen LogP contribution >= 0.6 is 22.9 Å². The summed E-state index contributed by atoms with van der Waals surface area (Å²) >= 11 is 7.21. The van der Waals surface area contributed by atoms with Gasteiger partial charge in [-0.1, -0.05) is 54.0 Å². The number of halogens is 7. The molecule has 1 aliphatic carbocycles. The molecule has 1 aromatic heterocycles. The van der Waals surface area contributed by atoms with E-state index in [1.165, 1.54) is 31.2 Å². The van der Waals surface area contributed by atoms with Crippen LogP contribution in [-0.4, -0.2) is 99.1 Å². The van der Waals surface area contributed by atoms with Crippen molar-refractivity contribution in [2.45, 2.75) is 63.3 Å². The van der Waals surface area contributed by atoms with Crippen molar-refractivity contribution in [3.05, 3.63) is 62.2 Å². The molecular weight excluding hydrogens is 722 g/mol. The van der Waals surface area contributed by atoms with Crippen LogP contribution in [0.1, 0.15) is 43.2 Å². The number of aromatic amines is 1. The van der Waals surface area contributed by atoms with E-state index in [1.54, 1.807) is 6.07 Å². The van der Waals surface area contributed by atoms with Crippen molar-refractivity contribution < 1.29 is 56.0 Å². The van der Waals surface area contributed by atoms with Crippen LogP contribution < -0.4 is 10.6 Å². The van der Waals surface area contributed by atoms with Crippen molar-refractivity contribution in [3.8, 4) is 5.75 Å². The van der Waals surface area contributed by atoms with Gasteiger partial charge in [-0.15, -0.1) is 0 Å². The predicted molar refractivity (Wildman–Crippen MR) is 174 cm³/mol. The van der Waals surface area contributed by atoms with Gasteiger partial charge < -0.3 is 30.9 Å². The summed E-state index contributed by atoms with van der Waals surface area (Å²) in [5, 5.41) is 25.1. The third-order valence-corrected chi connectivity index (χ3v) is 8.85. The van der Waals surface area contributed by atoms with Crippen LogP contribution in [-0.2, 0) is 27.2 Å². The van der Waals surface area contributed by atoms with E-state index in [-0.39, 0.29) is 16.5 Å². The number of H-pyrrole nitrogens is 1. The summed E-state index contributed by atoms with van der Waals surface area (Å²) in [6, 6.07) is 12.1. The summed E-state index contributed by atoms with van der Waals surface area (Å²) in [5.41, 5.74) is 8.28. The number of nitrogens with two attached hydrogens (primary N) is 1. The molecule has 19 heteroatoms. The molecule has 4 rings (SSSR count). The lowest BCUT2D eigenvalue weighted by Crippen LogP contribution is -2.42. The number of carboxylic acid groups (broad SMARTS) is 2. The summed E-state index contributed by atoms with van der Waals surface area (Å²) in [5.74, 6) is -5.66. The minimum absolute atomic E-state index is 0.105. The molecule has 0 unspecified atom stereocenters. The van der Waals surface area contributed by atoms with Crippen LogP contribution in [0.2, 0.25) is 5.02 Å². The summed E-state index contributed by atoms with van der Waals surface area (Å²) in [6.45, 7) is 4.20. The second-order valence-electron chi connectivity index (χ2n) is 11.2. The Hall–Kier alpha value is -3.87. The summed E-state index contributed by atoms with van der Waals surface area (Å²) in [6.07, 6.45) is -3.24. The monoisotopic (exact) mass is 758 g/mol. The van der Waals surface area contributed by atoms with E-state index >= 15 is 0 Å². The maximum Gasteiger partial charge on any atom is 0.490 e.